The van der Waals surface area contributed by atoms with Crippen molar-refractivity contribution in [3.63, 3.8) is 0 Å². The maximum atomic E-state index is 13.2. The monoisotopic (exact) mass is 474 g/mol. The van der Waals surface area contributed by atoms with E-state index >= 15 is 0 Å². The van der Waals surface area contributed by atoms with Crippen molar-refractivity contribution in [1.82, 2.24) is 19.4 Å². The Hall–Kier alpha value is -2.82. The van der Waals surface area contributed by atoms with Gasteiger partial charge in [0.05, 0.1) is 11.6 Å². The molecule has 0 aromatic heterocycles. The fraction of sp³-hybridized carbons (Fsp3) is 0.391. The van der Waals surface area contributed by atoms with E-state index in [-0.39, 0.29) is 24.0 Å². The molecule has 8 nitrogen and oxygen atoms in total. The third-order valence-corrected chi connectivity index (χ3v) is 8.16. The van der Waals surface area contributed by atoms with Crippen molar-refractivity contribution in [2.45, 2.75) is 30.7 Å². The maximum absolute atomic E-state index is 13.2. The van der Waals surface area contributed by atoms with Gasteiger partial charge in [-0.2, -0.15) is 4.31 Å². The number of amides is 3. The van der Waals surface area contributed by atoms with E-state index < -0.39 is 27.4 Å². The molecule has 0 radical (unpaired) electrons. The lowest BCUT2D eigenvalue weighted by Gasteiger charge is -2.26. The Bertz CT molecular complexity index is 1150. The van der Waals surface area contributed by atoms with Gasteiger partial charge in [0.2, 0.25) is 10.0 Å². The summed E-state index contributed by atoms with van der Waals surface area (Å²) in [6.07, 6.45) is 0.541. The van der Waals surface area contributed by atoms with E-state index in [0.29, 0.717) is 31.6 Å². The van der Waals surface area contributed by atoms with Crippen LogP contribution in [0.1, 0.15) is 24.5 Å². The number of carbonyl (C=O) groups excluding carboxylic acids is 2. The highest BCUT2D eigenvalue weighted by molar-refractivity contribution is 7.89. The van der Waals surface area contributed by atoms with Crippen LogP contribution < -0.4 is 5.32 Å². The Kier molecular flexibility index (Phi) is 6.26. The number of nitrogens with one attached hydrogen (secondary N) is 1. The first-order valence-corrected chi connectivity index (χ1v) is 12.2. The fourth-order valence-electron chi connectivity index (χ4n) is 4.19. The molecule has 0 aliphatic carbocycles. The van der Waals surface area contributed by atoms with Gasteiger partial charge in [0, 0.05) is 26.2 Å². The van der Waals surface area contributed by atoms with Crippen LogP contribution >= 0.6 is 0 Å². The van der Waals surface area contributed by atoms with Crippen LogP contribution in [0.25, 0.3) is 0 Å². The number of carbonyl (C=O) groups is 2. The van der Waals surface area contributed by atoms with Gasteiger partial charge in [0.15, 0.2) is 0 Å². The number of hydrogen-bond acceptors (Lipinski definition) is 5. The van der Waals surface area contributed by atoms with E-state index in [1.165, 1.54) is 21.3 Å². The average Bonchev–Trinajstić information content (AvgIpc) is 2.94. The Balaban J connectivity index is 1.44. The number of halogens is 1. The Morgan fingerprint density at radius 3 is 2.30 bits per heavy atom. The molecule has 2 aliphatic rings. The van der Waals surface area contributed by atoms with E-state index in [4.69, 9.17) is 0 Å². The third kappa shape index (κ3) is 4.50. The van der Waals surface area contributed by atoms with Crippen LogP contribution in [0.15, 0.2) is 53.4 Å². The largest absolute Gasteiger partial charge is 0.326 e. The number of aryl methyl sites for hydroxylation is 1. The van der Waals surface area contributed by atoms with Crippen molar-refractivity contribution >= 4 is 22.0 Å². The van der Waals surface area contributed by atoms with Crippen molar-refractivity contribution in [3.8, 4) is 0 Å². The standard InChI is InChI=1S/C23H27FN4O4S/c1-17-4-6-18(7-5-17)23(2)21(29)28(22(30)25-23)16-26-12-3-13-27(15-14-26)33(31,32)20-10-8-19(24)9-11-20/h4-11H,3,12-16H2,1-2H3,(H,25,30). The van der Waals surface area contributed by atoms with Gasteiger partial charge >= 0.3 is 6.03 Å². The first-order valence-electron chi connectivity index (χ1n) is 10.8. The molecule has 1 atom stereocenters. The summed E-state index contributed by atoms with van der Waals surface area (Å²) in [7, 11) is -3.75. The normalized spacial score (nSPS) is 22.9. The van der Waals surface area contributed by atoms with Crippen LogP contribution in [0.4, 0.5) is 9.18 Å². The summed E-state index contributed by atoms with van der Waals surface area (Å²) in [5.74, 6) is -0.835. The number of hydrogen-bond donors (Lipinski definition) is 1. The van der Waals surface area contributed by atoms with Crippen LogP contribution in [-0.2, 0) is 20.4 Å². The molecule has 1 unspecified atom stereocenters. The molecule has 2 aromatic rings. The molecule has 0 bridgehead atoms. The smallest absolute Gasteiger partial charge is 0.319 e. The molecule has 3 amide bonds. The predicted molar refractivity (Wildman–Crippen MR) is 120 cm³/mol. The fourth-order valence-corrected chi connectivity index (χ4v) is 5.66. The van der Waals surface area contributed by atoms with Crippen LogP contribution in [0.2, 0.25) is 0 Å². The number of benzene rings is 2. The van der Waals surface area contributed by atoms with Gasteiger partial charge < -0.3 is 5.32 Å². The topological polar surface area (TPSA) is 90.0 Å². The Morgan fingerprint density at radius 1 is 0.970 bits per heavy atom. The zero-order valence-corrected chi connectivity index (χ0v) is 19.4. The van der Waals surface area contributed by atoms with Crippen molar-refractivity contribution in [3.05, 3.63) is 65.5 Å². The quantitative estimate of drug-likeness (QED) is 0.672. The second-order valence-electron chi connectivity index (χ2n) is 8.63. The third-order valence-electron chi connectivity index (χ3n) is 6.24. The van der Waals surface area contributed by atoms with Crippen molar-refractivity contribution in [2.75, 3.05) is 32.8 Å². The second-order valence-corrected chi connectivity index (χ2v) is 10.6. The summed E-state index contributed by atoms with van der Waals surface area (Å²) in [5.41, 5.74) is 0.622. The van der Waals surface area contributed by atoms with E-state index in [1.807, 2.05) is 36.1 Å². The molecule has 1 N–H and O–H groups in total. The van der Waals surface area contributed by atoms with Gasteiger partial charge in [-0.25, -0.2) is 22.5 Å². The summed E-state index contributed by atoms with van der Waals surface area (Å²) >= 11 is 0. The maximum Gasteiger partial charge on any atom is 0.326 e. The average molecular weight is 475 g/mol. The molecule has 33 heavy (non-hydrogen) atoms. The lowest BCUT2D eigenvalue weighted by atomic mass is 9.91. The molecule has 2 aromatic carbocycles. The zero-order chi connectivity index (χ0) is 23.8. The number of sulfonamides is 1. The Morgan fingerprint density at radius 2 is 1.64 bits per heavy atom. The van der Waals surface area contributed by atoms with Crippen molar-refractivity contribution < 1.29 is 22.4 Å². The lowest BCUT2D eigenvalue weighted by Crippen LogP contribution is -2.45. The summed E-state index contributed by atoms with van der Waals surface area (Å²) in [6, 6.07) is 11.8. The van der Waals surface area contributed by atoms with E-state index in [0.717, 1.165) is 17.7 Å². The molecule has 4 rings (SSSR count). The van der Waals surface area contributed by atoms with Crippen molar-refractivity contribution in [1.29, 1.82) is 0 Å². The molecule has 2 heterocycles. The summed E-state index contributed by atoms with van der Waals surface area (Å²) in [5, 5.41) is 2.80. The van der Waals surface area contributed by atoms with Gasteiger partial charge in [0.1, 0.15) is 11.4 Å². The molecule has 10 heteroatoms. The van der Waals surface area contributed by atoms with Crippen LogP contribution in [0.5, 0.6) is 0 Å². The number of nitrogens with zero attached hydrogens (tertiary/aromatic N) is 3. The first-order chi connectivity index (χ1) is 15.6. The van der Waals surface area contributed by atoms with Crippen molar-refractivity contribution in [2.24, 2.45) is 0 Å². The van der Waals surface area contributed by atoms with E-state index in [1.54, 1.807) is 6.92 Å². The van der Waals surface area contributed by atoms with Crippen LogP contribution in [0, 0.1) is 12.7 Å². The summed E-state index contributed by atoms with van der Waals surface area (Å²) < 4.78 is 40.4. The molecule has 2 saturated heterocycles. The highest BCUT2D eigenvalue weighted by Gasteiger charge is 2.49. The minimum absolute atomic E-state index is 0.0420. The van der Waals surface area contributed by atoms with Gasteiger partial charge in [-0.05, 0) is 50.1 Å². The second kappa shape index (κ2) is 8.85. The minimum Gasteiger partial charge on any atom is -0.319 e. The molecule has 0 saturated carbocycles. The molecule has 176 valence electrons. The highest BCUT2D eigenvalue weighted by Crippen LogP contribution is 2.29. The molecule has 0 spiro atoms. The summed E-state index contributed by atoms with van der Waals surface area (Å²) in [4.78, 5) is 29.0. The highest BCUT2D eigenvalue weighted by atomic mass is 32.2. The molecular weight excluding hydrogens is 447 g/mol. The molecular formula is C23H27FN4O4S. The Labute approximate surface area is 193 Å². The van der Waals surface area contributed by atoms with E-state index in [2.05, 4.69) is 5.32 Å². The van der Waals surface area contributed by atoms with Gasteiger partial charge in [0.25, 0.3) is 5.91 Å². The van der Waals surface area contributed by atoms with Gasteiger partial charge in [-0.15, -0.1) is 0 Å². The first kappa shape index (κ1) is 23.3. The number of rotatable bonds is 5. The predicted octanol–water partition coefficient (Wildman–Crippen LogP) is 2.26. The molecule has 2 fully saturated rings. The van der Waals surface area contributed by atoms with Crippen LogP contribution in [-0.4, -0.2) is 67.3 Å². The number of imide groups is 1. The SMILES string of the molecule is Cc1ccc(C2(C)NC(=O)N(CN3CCCN(S(=O)(=O)c4ccc(F)cc4)CC3)C2=O)cc1. The van der Waals surface area contributed by atoms with Crippen LogP contribution in [0.3, 0.4) is 0 Å². The van der Waals surface area contributed by atoms with E-state index in [9.17, 15) is 22.4 Å². The summed E-state index contributed by atoms with van der Waals surface area (Å²) in [6.45, 7) is 5.13. The lowest BCUT2D eigenvalue weighted by molar-refractivity contribution is -0.132. The van der Waals surface area contributed by atoms with Gasteiger partial charge in [-0.1, -0.05) is 29.8 Å². The zero-order valence-electron chi connectivity index (χ0n) is 18.6. The molecule has 2 aliphatic heterocycles. The minimum atomic E-state index is -3.75. The van der Waals surface area contributed by atoms with Gasteiger partial charge in [-0.3, -0.25) is 9.69 Å². The number of urea groups is 1.